The Balaban J connectivity index is 0.682. The Hall–Kier alpha value is -6.39. The smallest absolute Gasteiger partial charge is 0.320 e. The summed E-state index contributed by atoms with van der Waals surface area (Å²) < 4.78 is 7.97. The second kappa shape index (κ2) is 18.0. The van der Waals surface area contributed by atoms with Crippen molar-refractivity contribution in [3.8, 4) is 22.8 Å². The van der Waals surface area contributed by atoms with E-state index in [4.69, 9.17) is 15.6 Å². The van der Waals surface area contributed by atoms with Crippen molar-refractivity contribution in [3.05, 3.63) is 95.8 Å². The molecule has 16 heteroatoms. The van der Waals surface area contributed by atoms with Crippen molar-refractivity contribution >= 4 is 40.6 Å². The third-order valence-corrected chi connectivity index (χ3v) is 13.8. The molecule has 2 aromatic heterocycles. The highest BCUT2D eigenvalue weighted by molar-refractivity contribution is 6.05. The van der Waals surface area contributed by atoms with Gasteiger partial charge >= 0.3 is 6.03 Å². The molecule has 2 unspecified atom stereocenters. The van der Waals surface area contributed by atoms with Crippen molar-refractivity contribution in [1.29, 1.82) is 0 Å². The maximum absolute atomic E-state index is 14.0. The van der Waals surface area contributed by atoms with Gasteiger partial charge in [-0.3, -0.25) is 24.6 Å². The number of amides is 5. The third kappa shape index (κ3) is 8.51. The molecule has 0 spiro atoms. The average Bonchev–Trinajstić information content (AvgIpc) is 3.88. The molecule has 64 heavy (non-hydrogen) atoms. The van der Waals surface area contributed by atoms with E-state index in [1.165, 1.54) is 11.9 Å². The number of benzene rings is 3. The zero-order valence-electron chi connectivity index (χ0n) is 36.1. The normalized spacial score (nSPS) is 21.4. The summed E-state index contributed by atoms with van der Waals surface area (Å²) >= 11 is 0. The highest BCUT2D eigenvalue weighted by atomic mass is 16.5. The molecule has 3 N–H and O–H groups in total. The van der Waals surface area contributed by atoms with Crippen molar-refractivity contribution in [2.45, 2.75) is 69.5 Å². The number of imide groups is 1. The molecule has 0 aliphatic carbocycles. The number of aromatic nitrogens is 4. The molecule has 5 aliphatic heterocycles. The van der Waals surface area contributed by atoms with E-state index in [0.717, 1.165) is 94.0 Å². The maximum Gasteiger partial charge on any atom is 0.320 e. The number of para-hydroxylation sites is 1. The molecule has 5 aromatic rings. The molecule has 7 heterocycles. The van der Waals surface area contributed by atoms with Gasteiger partial charge in [-0.05, 0) is 124 Å². The van der Waals surface area contributed by atoms with Crippen molar-refractivity contribution in [3.63, 3.8) is 0 Å². The third-order valence-electron chi connectivity index (χ3n) is 13.8. The molecule has 4 saturated heterocycles. The minimum Gasteiger partial charge on any atom is -0.457 e. The number of hydrogen-bond acceptors (Lipinski definition) is 11. The SMILES string of the molecule is Nc1ncnc2c1c(-c1ccc(Oc3ccccc3)cc1)nn2C1CCCN(C(=O)N2CCN(CCCN3CCC(c4ccc5c(c4)CN(C4CCC(=O)NC4=O)C5=O)CC3)CC2)C1. The Bertz CT molecular complexity index is 2530. The first-order valence-corrected chi connectivity index (χ1v) is 22.8. The number of nitrogens with zero attached hydrogens (tertiary/aromatic N) is 9. The van der Waals surface area contributed by atoms with Gasteiger partial charge in [-0.15, -0.1) is 0 Å². The van der Waals surface area contributed by atoms with Crippen LogP contribution >= 0.6 is 0 Å². The summed E-state index contributed by atoms with van der Waals surface area (Å²) in [5, 5.41) is 8.18. The lowest BCUT2D eigenvalue weighted by atomic mass is 9.88. The van der Waals surface area contributed by atoms with Gasteiger partial charge in [0.25, 0.3) is 5.91 Å². The summed E-state index contributed by atoms with van der Waals surface area (Å²) in [5.74, 6) is 1.52. The number of fused-ring (bicyclic) bond motifs is 2. The number of nitrogen functional groups attached to an aromatic ring is 1. The number of nitrogens with two attached hydrogens (primary N) is 1. The number of ether oxygens (including phenoxy) is 1. The topological polar surface area (TPSA) is 175 Å². The summed E-state index contributed by atoms with van der Waals surface area (Å²) in [4.78, 5) is 70.9. The summed E-state index contributed by atoms with van der Waals surface area (Å²) in [7, 11) is 0. The van der Waals surface area contributed by atoms with Gasteiger partial charge in [-0.25, -0.2) is 19.4 Å². The van der Waals surface area contributed by atoms with Crippen LogP contribution in [0.15, 0.2) is 79.1 Å². The molecule has 10 rings (SSSR count). The Labute approximate surface area is 372 Å². The largest absolute Gasteiger partial charge is 0.457 e. The fraction of sp³-hybridized carbons (Fsp3) is 0.438. The van der Waals surface area contributed by atoms with Gasteiger partial charge in [0.2, 0.25) is 11.8 Å². The summed E-state index contributed by atoms with van der Waals surface area (Å²) in [6.07, 6.45) is 7.08. The molecule has 5 amide bonds. The van der Waals surface area contributed by atoms with Crippen LogP contribution in [0.2, 0.25) is 0 Å². The number of likely N-dealkylation sites (tertiary alicyclic amines) is 2. The molecule has 0 bridgehead atoms. The van der Waals surface area contributed by atoms with Crippen molar-refractivity contribution < 1.29 is 23.9 Å². The van der Waals surface area contributed by atoms with E-state index < -0.39 is 6.04 Å². The standard InChI is InChI=1S/C48H55N11O5/c49-44-42-43(33-9-12-38(13-10-33)64-37-7-2-1-3-8-37)53-59(45(42)51-31-50-44)36-6-4-21-57(30-36)48(63)56-26-24-55(25-27-56)20-5-19-54-22-17-32(18-23-54)34-11-14-39-35(28-34)29-58(47(39)62)40-15-16-41(60)52-46(40)61/h1-3,7-14,28,31-32,36,40H,4-6,15-27,29-30H2,(H2,49,50,51)(H,52,60,61). The van der Waals surface area contributed by atoms with Crippen LogP contribution in [0.1, 0.15) is 78.4 Å². The van der Waals surface area contributed by atoms with Crippen LogP contribution < -0.4 is 15.8 Å². The first-order chi connectivity index (χ1) is 31.3. The van der Waals surface area contributed by atoms with Gasteiger partial charge < -0.3 is 30.1 Å². The predicted octanol–water partition coefficient (Wildman–Crippen LogP) is 5.27. The fourth-order valence-electron chi connectivity index (χ4n) is 10.3. The van der Waals surface area contributed by atoms with E-state index in [1.54, 1.807) is 4.90 Å². The molecule has 0 saturated carbocycles. The number of carbonyl (C=O) groups excluding carboxylic acids is 4. The van der Waals surface area contributed by atoms with Crippen LogP contribution in [0.25, 0.3) is 22.3 Å². The highest BCUT2D eigenvalue weighted by Crippen LogP contribution is 2.36. The number of rotatable bonds is 10. The highest BCUT2D eigenvalue weighted by Gasteiger charge is 2.39. The molecular weight excluding hydrogens is 811 g/mol. The average molecular weight is 866 g/mol. The Morgan fingerprint density at radius 1 is 0.797 bits per heavy atom. The Morgan fingerprint density at radius 2 is 1.55 bits per heavy atom. The van der Waals surface area contributed by atoms with Gasteiger partial charge in [0, 0.05) is 63.4 Å². The molecular formula is C48H55N11O5. The van der Waals surface area contributed by atoms with Crippen molar-refractivity contribution in [1.82, 2.24) is 49.6 Å². The second-order valence-electron chi connectivity index (χ2n) is 17.8. The second-order valence-corrected chi connectivity index (χ2v) is 17.8. The van der Waals surface area contributed by atoms with Gasteiger partial charge in [-0.2, -0.15) is 5.10 Å². The predicted molar refractivity (Wildman–Crippen MR) is 240 cm³/mol. The first-order valence-electron chi connectivity index (χ1n) is 22.8. The van der Waals surface area contributed by atoms with Crippen LogP contribution in [0.5, 0.6) is 11.5 Å². The maximum atomic E-state index is 14.0. The lowest BCUT2D eigenvalue weighted by molar-refractivity contribution is -0.136. The molecule has 16 nitrogen and oxygen atoms in total. The van der Waals surface area contributed by atoms with E-state index in [9.17, 15) is 19.2 Å². The molecule has 5 aliphatic rings. The van der Waals surface area contributed by atoms with Crippen LogP contribution in [0.4, 0.5) is 10.6 Å². The van der Waals surface area contributed by atoms with Gasteiger partial charge in [-0.1, -0.05) is 30.3 Å². The van der Waals surface area contributed by atoms with E-state index in [0.29, 0.717) is 73.2 Å². The fourth-order valence-corrected chi connectivity index (χ4v) is 10.3. The van der Waals surface area contributed by atoms with Crippen LogP contribution in [0.3, 0.4) is 0 Å². The van der Waals surface area contributed by atoms with Crippen molar-refractivity contribution in [2.24, 2.45) is 0 Å². The number of nitrogens with one attached hydrogen (secondary N) is 1. The van der Waals surface area contributed by atoms with Crippen LogP contribution in [-0.2, 0) is 16.1 Å². The lowest BCUT2D eigenvalue weighted by Gasteiger charge is -2.40. The number of piperidine rings is 3. The van der Waals surface area contributed by atoms with E-state index in [2.05, 4.69) is 37.2 Å². The Kier molecular flexibility index (Phi) is 11.7. The minimum atomic E-state index is -0.592. The zero-order chi connectivity index (χ0) is 43.7. The number of piperazine rings is 1. The molecule has 2 atom stereocenters. The number of anilines is 1. The monoisotopic (exact) mass is 865 g/mol. The van der Waals surface area contributed by atoms with Crippen molar-refractivity contribution in [2.75, 3.05) is 71.2 Å². The quantitative estimate of drug-likeness (QED) is 0.175. The van der Waals surface area contributed by atoms with E-state index >= 15 is 0 Å². The molecule has 332 valence electrons. The summed E-state index contributed by atoms with van der Waals surface area (Å²) in [5.41, 5.74) is 11.6. The summed E-state index contributed by atoms with van der Waals surface area (Å²) in [6, 6.07) is 23.1. The number of carbonyl (C=O) groups is 4. The van der Waals surface area contributed by atoms with E-state index in [-0.39, 0.29) is 36.2 Å². The van der Waals surface area contributed by atoms with Crippen LogP contribution in [-0.4, -0.2) is 139 Å². The number of urea groups is 1. The van der Waals surface area contributed by atoms with Gasteiger partial charge in [0.15, 0.2) is 5.65 Å². The first kappa shape index (κ1) is 41.6. The molecule has 0 radical (unpaired) electrons. The zero-order valence-corrected chi connectivity index (χ0v) is 36.1. The summed E-state index contributed by atoms with van der Waals surface area (Å²) in [6.45, 7) is 8.98. The Morgan fingerprint density at radius 3 is 2.31 bits per heavy atom. The van der Waals surface area contributed by atoms with Gasteiger partial charge in [0.05, 0.1) is 11.4 Å². The van der Waals surface area contributed by atoms with E-state index in [1.807, 2.05) is 75.1 Å². The number of hydrogen-bond donors (Lipinski definition) is 2. The lowest BCUT2D eigenvalue weighted by Crippen LogP contribution is -2.54. The van der Waals surface area contributed by atoms with Gasteiger partial charge in [0.1, 0.15) is 35.4 Å². The minimum absolute atomic E-state index is 0.0489. The van der Waals surface area contributed by atoms with Crippen LogP contribution in [0, 0.1) is 0 Å². The molecule has 4 fully saturated rings. The molecule has 3 aromatic carbocycles.